The monoisotopic (exact) mass is 240 g/mol. The maximum Gasteiger partial charge on any atom is 0.330 e. The zero-order valence-electron chi connectivity index (χ0n) is 7.61. The van der Waals surface area contributed by atoms with E-state index in [4.69, 9.17) is 30.6 Å². The Bertz CT molecular complexity index is 316. The molecular weight excluding hydrogens is 228 g/mol. The van der Waals surface area contributed by atoms with Gasteiger partial charge in [-0.3, -0.25) is 4.55 Å². The van der Waals surface area contributed by atoms with Crippen LogP contribution >= 0.6 is 0 Å². The van der Waals surface area contributed by atoms with Crippen LogP contribution in [0.3, 0.4) is 0 Å². The van der Waals surface area contributed by atoms with Gasteiger partial charge in [0.05, 0.1) is 25.0 Å². The van der Waals surface area contributed by atoms with E-state index in [9.17, 15) is 0 Å². The first-order chi connectivity index (χ1) is 7.02. The summed E-state index contributed by atoms with van der Waals surface area (Å²) in [5, 5.41) is 19.4. The highest BCUT2D eigenvalue weighted by molar-refractivity contribution is 7.74. The molecule has 0 amide bonds. The molecule has 7 N–H and O–H groups in total. The maximum absolute atomic E-state index is 9.01. The van der Waals surface area contributed by atoms with Gasteiger partial charge in [-0.05, 0) is 0 Å². The molecule has 1 aromatic rings. The standard InChI is InChI=1S/C5H10N4O.H2O4S/c6-4-3-8-9(1-2-10)5(4)7;1-4-5(2)3/h3,10H,1-2,6-7H2;1H,(H,2,3). The molecule has 1 heterocycles. The first kappa shape index (κ1) is 13.8. The largest absolute Gasteiger partial charge is 0.394 e. The van der Waals surface area contributed by atoms with Crippen LogP contribution in [0.5, 0.6) is 0 Å². The number of rotatable bonds is 3. The molecule has 1 atom stereocenters. The third kappa shape index (κ3) is 5.29. The lowest BCUT2D eigenvalue weighted by Gasteiger charge is -1.99. The Balaban J connectivity index is 0.000000336. The Kier molecular flexibility index (Phi) is 6.57. The van der Waals surface area contributed by atoms with E-state index < -0.39 is 11.4 Å². The van der Waals surface area contributed by atoms with E-state index in [1.807, 2.05) is 0 Å². The zero-order chi connectivity index (χ0) is 11.8. The van der Waals surface area contributed by atoms with Gasteiger partial charge in [-0.15, -0.1) is 4.33 Å². The number of aliphatic hydroxyl groups excluding tert-OH is 1. The molecule has 10 heteroatoms. The summed E-state index contributed by atoms with van der Waals surface area (Å²) >= 11 is -2.52. The average molecular weight is 240 g/mol. The molecule has 0 aliphatic rings. The van der Waals surface area contributed by atoms with E-state index in [0.717, 1.165) is 0 Å². The van der Waals surface area contributed by atoms with Crippen LogP contribution in [-0.2, 0) is 22.2 Å². The lowest BCUT2D eigenvalue weighted by molar-refractivity contribution is -0.131. The van der Waals surface area contributed by atoms with Crippen molar-refractivity contribution in [2.75, 3.05) is 18.1 Å². The Morgan fingerprint density at radius 3 is 2.40 bits per heavy atom. The molecule has 0 aromatic carbocycles. The van der Waals surface area contributed by atoms with Crippen LogP contribution < -0.4 is 11.5 Å². The summed E-state index contributed by atoms with van der Waals surface area (Å²) in [4.78, 5) is 0. The summed E-state index contributed by atoms with van der Waals surface area (Å²) in [7, 11) is 0. The van der Waals surface area contributed by atoms with Crippen molar-refractivity contribution in [1.82, 2.24) is 9.78 Å². The molecule has 0 radical (unpaired) electrons. The van der Waals surface area contributed by atoms with E-state index in [1.54, 1.807) is 0 Å². The van der Waals surface area contributed by atoms with Crippen LogP contribution in [0.4, 0.5) is 11.5 Å². The predicted octanol–water partition coefficient (Wildman–Crippen LogP) is -1.35. The van der Waals surface area contributed by atoms with Crippen molar-refractivity contribution < 1.29 is 23.5 Å². The quantitative estimate of drug-likeness (QED) is 0.246. The minimum atomic E-state index is -2.52. The van der Waals surface area contributed by atoms with Crippen LogP contribution in [0.2, 0.25) is 0 Å². The van der Waals surface area contributed by atoms with Gasteiger partial charge in [-0.2, -0.15) is 9.31 Å². The van der Waals surface area contributed by atoms with Crippen molar-refractivity contribution in [1.29, 1.82) is 0 Å². The minimum absolute atomic E-state index is 0.0192. The van der Waals surface area contributed by atoms with Crippen LogP contribution in [0, 0.1) is 0 Å². The fourth-order valence-corrected chi connectivity index (χ4v) is 0.682. The van der Waals surface area contributed by atoms with Crippen molar-refractivity contribution in [2.45, 2.75) is 6.54 Å². The van der Waals surface area contributed by atoms with E-state index in [-0.39, 0.29) is 6.61 Å². The number of nitrogens with zero attached hydrogens (tertiary/aromatic N) is 2. The summed E-state index contributed by atoms with van der Waals surface area (Å²) in [6.07, 6.45) is 1.46. The smallest absolute Gasteiger partial charge is 0.330 e. The van der Waals surface area contributed by atoms with Gasteiger partial charge in [0, 0.05) is 0 Å². The average Bonchev–Trinajstić information content (AvgIpc) is 2.51. The third-order valence-electron chi connectivity index (χ3n) is 1.29. The Morgan fingerprint density at radius 1 is 1.60 bits per heavy atom. The second-order valence-electron chi connectivity index (χ2n) is 2.22. The summed E-state index contributed by atoms with van der Waals surface area (Å²) in [6, 6.07) is 0. The van der Waals surface area contributed by atoms with Crippen molar-refractivity contribution >= 4 is 22.9 Å². The van der Waals surface area contributed by atoms with Gasteiger partial charge in [-0.1, -0.05) is 0 Å². The van der Waals surface area contributed by atoms with Crippen LogP contribution in [-0.4, -0.2) is 35.5 Å². The van der Waals surface area contributed by atoms with Crippen LogP contribution in [0.25, 0.3) is 0 Å². The number of nitrogen functional groups attached to an aromatic ring is 2. The molecule has 0 aliphatic carbocycles. The van der Waals surface area contributed by atoms with Gasteiger partial charge in [0.15, 0.2) is 0 Å². The summed E-state index contributed by atoms with van der Waals surface area (Å²) in [5.74, 6) is 0.411. The Hall–Kier alpha value is -1.20. The van der Waals surface area contributed by atoms with E-state index in [0.29, 0.717) is 18.1 Å². The first-order valence-corrected chi connectivity index (χ1v) is 4.66. The van der Waals surface area contributed by atoms with Gasteiger partial charge in [0.2, 0.25) is 0 Å². The van der Waals surface area contributed by atoms with Crippen molar-refractivity contribution in [3.8, 4) is 0 Å². The Labute approximate surface area is 87.7 Å². The number of anilines is 2. The molecule has 88 valence electrons. The molecule has 1 rings (SSSR count). The van der Waals surface area contributed by atoms with Gasteiger partial charge >= 0.3 is 11.4 Å². The topological polar surface area (TPSA) is 157 Å². The highest BCUT2D eigenvalue weighted by Gasteiger charge is 2.00. The molecule has 1 unspecified atom stereocenters. The van der Waals surface area contributed by atoms with Crippen molar-refractivity contribution in [3.63, 3.8) is 0 Å². The first-order valence-electron chi connectivity index (χ1n) is 3.63. The number of nitrogens with two attached hydrogens (primary N) is 2. The van der Waals surface area contributed by atoms with Crippen LogP contribution in [0.15, 0.2) is 6.20 Å². The van der Waals surface area contributed by atoms with E-state index >= 15 is 0 Å². The maximum atomic E-state index is 9.01. The fourth-order valence-electron chi connectivity index (χ4n) is 0.682. The Morgan fingerprint density at radius 2 is 2.13 bits per heavy atom. The van der Waals surface area contributed by atoms with E-state index in [2.05, 4.69) is 9.43 Å². The molecule has 0 bridgehead atoms. The molecule has 0 aliphatic heterocycles. The van der Waals surface area contributed by atoms with Gasteiger partial charge in [0.1, 0.15) is 5.82 Å². The molecule has 0 saturated carbocycles. The normalized spacial score (nSPS) is 11.7. The molecule has 0 saturated heterocycles. The number of aromatic nitrogens is 2. The lowest BCUT2D eigenvalue weighted by Crippen LogP contribution is -2.07. The van der Waals surface area contributed by atoms with E-state index in [1.165, 1.54) is 10.9 Å². The summed E-state index contributed by atoms with van der Waals surface area (Å²) in [6.45, 7) is 0.411. The van der Waals surface area contributed by atoms with Gasteiger partial charge in [-0.25, -0.2) is 9.94 Å². The number of hydrogen-bond donors (Lipinski definition) is 5. The molecule has 0 fully saturated rings. The highest BCUT2D eigenvalue weighted by atomic mass is 32.2. The van der Waals surface area contributed by atoms with Gasteiger partial charge in [0.25, 0.3) is 0 Å². The zero-order valence-corrected chi connectivity index (χ0v) is 8.42. The molecule has 9 nitrogen and oxygen atoms in total. The third-order valence-corrected chi connectivity index (χ3v) is 1.41. The minimum Gasteiger partial charge on any atom is -0.394 e. The summed E-state index contributed by atoms with van der Waals surface area (Å²) < 4.78 is 20.6. The second kappa shape index (κ2) is 7.14. The number of hydrogen-bond acceptors (Lipinski definition) is 7. The number of aliphatic hydroxyl groups is 1. The summed E-state index contributed by atoms with van der Waals surface area (Å²) in [5.41, 5.74) is 11.3. The van der Waals surface area contributed by atoms with Crippen molar-refractivity contribution in [3.05, 3.63) is 6.20 Å². The fraction of sp³-hybridized carbons (Fsp3) is 0.400. The van der Waals surface area contributed by atoms with Gasteiger partial charge < -0.3 is 16.6 Å². The molecule has 15 heavy (non-hydrogen) atoms. The lowest BCUT2D eigenvalue weighted by atomic mass is 10.5. The SMILES string of the molecule is Nc1cnn(CCO)c1N.O=S(O)OO. The molecular formula is C5H12N4O5S. The molecule has 1 aromatic heterocycles. The highest BCUT2D eigenvalue weighted by Crippen LogP contribution is 2.11. The van der Waals surface area contributed by atoms with Crippen LogP contribution in [0.1, 0.15) is 0 Å². The predicted molar refractivity (Wildman–Crippen MR) is 52.6 cm³/mol. The van der Waals surface area contributed by atoms with Crippen molar-refractivity contribution in [2.24, 2.45) is 0 Å². The molecule has 0 spiro atoms. The second-order valence-corrected chi connectivity index (χ2v) is 2.81.